The van der Waals surface area contributed by atoms with Crippen LogP contribution in [0.2, 0.25) is 0 Å². The summed E-state index contributed by atoms with van der Waals surface area (Å²) >= 11 is 0. The van der Waals surface area contributed by atoms with Crippen LogP contribution in [0.4, 0.5) is 0 Å². The summed E-state index contributed by atoms with van der Waals surface area (Å²) < 4.78 is 22.3. The van der Waals surface area contributed by atoms with Crippen molar-refractivity contribution in [3.63, 3.8) is 0 Å². The molecule has 3 aromatic carbocycles. The molecule has 7 heteroatoms. The van der Waals surface area contributed by atoms with Crippen molar-refractivity contribution in [2.24, 2.45) is 5.92 Å². The average molecular weight is 505 g/mol. The van der Waals surface area contributed by atoms with E-state index in [9.17, 15) is 4.79 Å². The second-order valence-electron chi connectivity index (χ2n) is 9.87. The van der Waals surface area contributed by atoms with Gasteiger partial charge in [0.05, 0.1) is 27.9 Å². The minimum Gasteiger partial charge on any atom is -0.497 e. The molecule has 0 N–H and O–H groups in total. The number of methoxy groups -OCH3 is 3. The van der Waals surface area contributed by atoms with Crippen LogP contribution in [0.3, 0.4) is 0 Å². The average Bonchev–Trinajstić information content (AvgIpc) is 3.38. The number of fused-ring (bicyclic) bond motifs is 2. The zero-order valence-corrected chi connectivity index (χ0v) is 22.0. The van der Waals surface area contributed by atoms with E-state index in [0.29, 0.717) is 24.0 Å². The molecule has 3 aromatic rings. The molecule has 37 heavy (non-hydrogen) atoms. The summed E-state index contributed by atoms with van der Waals surface area (Å²) in [7, 11) is 4.91. The molecule has 0 aromatic heterocycles. The molecular formula is C30H36N2O5. The normalized spacial score (nSPS) is 17.6. The van der Waals surface area contributed by atoms with Gasteiger partial charge in [0, 0.05) is 37.1 Å². The maximum absolute atomic E-state index is 13.2. The minimum atomic E-state index is 0.0989. The quantitative estimate of drug-likeness (QED) is 0.375. The van der Waals surface area contributed by atoms with Crippen molar-refractivity contribution < 1.29 is 23.7 Å². The summed E-state index contributed by atoms with van der Waals surface area (Å²) in [6.45, 7) is 5.34. The van der Waals surface area contributed by atoms with Gasteiger partial charge >= 0.3 is 0 Å². The summed E-state index contributed by atoms with van der Waals surface area (Å²) in [6.07, 6.45) is 2.93. The number of rotatable bonds is 10. The van der Waals surface area contributed by atoms with Crippen LogP contribution in [-0.4, -0.2) is 76.4 Å². The lowest BCUT2D eigenvalue weighted by molar-refractivity contribution is 0.0712. The van der Waals surface area contributed by atoms with E-state index in [2.05, 4.69) is 17.0 Å². The van der Waals surface area contributed by atoms with Crippen LogP contribution in [0.1, 0.15) is 28.8 Å². The lowest BCUT2D eigenvalue weighted by Crippen LogP contribution is -2.41. The molecule has 0 aliphatic carbocycles. The van der Waals surface area contributed by atoms with Gasteiger partial charge in [-0.1, -0.05) is 12.1 Å². The number of carbonyl (C=O) groups is 1. The lowest BCUT2D eigenvalue weighted by Gasteiger charge is -2.31. The topological polar surface area (TPSA) is 60.5 Å². The third-order valence-corrected chi connectivity index (χ3v) is 7.55. The highest BCUT2D eigenvalue weighted by Gasteiger charge is 2.30. The number of nitrogens with zero attached hydrogens (tertiary/aromatic N) is 2. The van der Waals surface area contributed by atoms with E-state index < -0.39 is 0 Å². The van der Waals surface area contributed by atoms with Gasteiger partial charge in [0.15, 0.2) is 11.5 Å². The van der Waals surface area contributed by atoms with Gasteiger partial charge in [-0.25, -0.2) is 0 Å². The maximum Gasteiger partial charge on any atom is 0.254 e. The number of hydrogen-bond acceptors (Lipinski definition) is 6. The number of ether oxygens (including phenoxy) is 4. The first-order valence-electron chi connectivity index (χ1n) is 13.1. The highest BCUT2D eigenvalue weighted by atomic mass is 16.5. The number of amides is 1. The molecule has 5 rings (SSSR count). The second kappa shape index (κ2) is 11.3. The molecule has 1 saturated heterocycles. The van der Waals surface area contributed by atoms with Crippen molar-refractivity contribution in [2.75, 3.05) is 60.7 Å². The van der Waals surface area contributed by atoms with Gasteiger partial charge in [-0.05, 0) is 79.1 Å². The van der Waals surface area contributed by atoms with Crippen molar-refractivity contribution in [1.82, 2.24) is 9.80 Å². The van der Waals surface area contributed by atoms with Gasteiger partial charge in [-0.15, -0.1) is 0 Å². The van der Waals surface area contributed by atoms with Gasteiger partial charge in [0.1, 0.15) is 11.5 Å². The van der Waals surface area contributed by atoms with Crippen LogP contribution in [0.15, 0.2) is 48.5 Å². The van der Waals surface area contributed by atoms with Gasteiger partial charge in [-0.2, -0.15) is 0 Å². The van der Waals surface area contributed by atoms with E-state index in [4.69, 9.17) is 18.9 Å². The van der Waals surface area contributed by atoms with Crippen LogP contribution >= 0.6 is 0 Å². The Hall–Kier alpha value is -3.45. The molecule has 7 nitrogen and oxygen atoms in total. The molecule has 196 valence electrons. The number of carbonyl (C=O) groups excluding carboxylic acids is 1. The molecule has 0 radical (unpaired) electrons. The number of likely N-dealkylation sites (tertiary alicyclic amines) is 1. The highest BCUT2D eigenvalue weighted by molar-refractivity contribution is 5.97. The zero-order valence-electron chi connectivity index (χ0n) is 22.0. The SMILES string of the molecule is COc1ccc2c(OCCCN3CCC(CN4CCc5cc(OC)c(OC)cc5C4=O)C3)cccc2c1. The van der Waals surface area contributed by atoms with E-state index in [1.54, 1.807) is 21.3 Å². The molecule has 1 unspecified atom stereocenters. The summed E-state index contributed by atoms with van der Waals surface area (Å²) in [5.41, 5.74) is 1.78. The standard InChI is InChI=1S/C30H36N2O5/c1-34-24-8-9-25-22(16-24)6-4-7-27(25)37-15-5-12-31-13-10-21(19-31)20-32-14-11-23-17-28(35-2)29(36-3)18-26(23)30(32)33/h4,6-9,16-18,21H,5,10-15,19-20H2,1-3H3. The Morgan fingerprint density at radius 3 is 2.57 bits per heavy atom. The molecule has 0 saturated carbocycles. The van der Waals surface area contributed by atoms with E-state index in [1.807, 2.05) is 41.3 Å². The van der Waals surface area contributed by atoms with Crippen molar-refractivity contribution in [2.45, 2.75) is 19.3 Å². The summed E-state index contributed by atoms with van der Waals surface area (Å²) in [5, 5.41) is 2.22. The van der Waals surface area contributed by atoms with Crippen LogP contribution in [0, 0.1) is 5.92 Å². The first-order valence-corrected chi connectivity index (χ1v) is 13.1. The third-order valence-electron chi connectivity index (χ3n) is 7.55. The molecule has 1 fully saturated rings. The van der Waals surface area contributed by atoms with Crippen molar-refractivity contribution in [3.8, 4) is 23.0 Å². The largest absolute Gasteiger partial charge is 0.497 e. The lowest BCUT2D eigenvalue weighted by atomic mass is 9.96. The molecule has 0 spiro atoms. The van der Waals surface area contributed by atoms with Crippen LogP contribution in [0.25, 0.3) is 10.8 Å². The maximum atomic E-state index is 13.2. The molecule has 1 amide bonds. The smallest absolute Gasteiger partial charge is 0.254 e. The molecule has 0 bridgehead atoms. The summed E-state index contributed by atoms with van der Waals surface area (Å²) in [5.74, 6) is 3.65. The molecular weight excluding hydrogens is 468 g/mol. The van der Waals surface area contributed by atoms with Gasteiger partial charge < -0.3 is 28.7 Å². The summed E-state index contributed by atoms with van der Waals surface area (Å²) in [4.78, 5) is 17.7. The van der Waals surface area contributed by atoms with E-state index in [1.165, 1.54) is 0 Å². The highest BCUT2D eigenvalue weighted by Crippen LogP contribution is 2.34. The van der Waals surface area contributed by atoms with E-state index in [-0.39, 0.29) is 5.91 Å². The minimum absolute atomic E-state index is 0.0989. The van der Waals surface area contributed by atoms with Crippen LogP contribution in [-0.2, 0) is 6.42 Å². The molecule has 2 heterocycles. The fourth-order valence-electron chi connectivity index (χ4n) is 5.56. The Kier molecular flexibility index (Phi) is 7.70. The first kappa shape index (κ1) is 25.2. The van der Waals surface area contributed by atoms with Crippen molar-refractivity contribution in [3.05, 3.63) is 59.7 Å². The zero-order chi connectivity index (χ0) is 25.8. The van der Waals surface area contributed by atoms with Crippen molar-refractivity contribution >= 4 is 16.7 Å². The predicted octanol–water partition coefficient (Wildman–Crippen LogP) is 4.65. The van der Waals surface area contributed by atoms with Gasteiger partial charge in [0.25, 0.3) is 5.91 Å². The Balaban J connectivity index is 1.10. The van der Waals surface area contributed by atoms with E-state index >= 15 is 0 Å². The van der Waals surface area contributed by atoms with Gasteiger partial charge in [0.2, 0.25) is 0 Å². The summed E-state index contributed by atoms with van der Waals surface area (Å²) in [6, 6.07) is 16.0. The Morgan fingerprint density at radius 1 is 0.919 bits per heavy atom. The fraction of sp³-hybridized carbons (Fsp3) is 0.433. The number of hydrogen-bond donors (Lipinski definition) is 0. The van der Waals surface area contributed by atoms with E-state index in [0.717, 1.165) is 85.4 Å². The second-order valence-corrected chi connectivity index (χ2v) is 9.87. The van der Waals surface area contributed by atoms with Crippen LogP contribution < -0.4 is 18.9 Å². The Bertz CT molecular complexity index is 1260. The predicted molar refractivity (Wildman–Crippen MR) is 144 cm³/mol. The molecule has 2 aliphatic rings. The molecule has 2 aliphatic heterocycles. The number of benzene rings is 3. The first-order chi connectivity index (χ1) is 18.1. The Labute approximate surface area is 218 Å². The van der Waals surface area contributed by atoms with Gasteiger partial charge in [-0.3, -0.25) is 4.79 Å². The third kappa shape index (κ3) is 5.47. The van der Waals surface area contributed by atoms with Crippen LogP contribution in [0.5, 0.6) is 23.0 Å². The monoisotopic (exact) mass is 504 g/mol. The molecule has 1 atom stereocenters. The Morgan fingerprint density at radius 2 is 1.76 bits per heavy atom. The van der Waals surface area contributed by atoms with Crippen molar-refractivity contribution in [1.29, 1.82) is 0 Å². The fourth-order valence-corrected chi connectivity index (χ4v) is 5.56.